The van der Waals surface area contributed by atoms with Gasteiger partial charge in [-0.1, -0.05) is 0 Å². The normalized spacial score (nSPS) is 17.2. The Balaban J connectivity index is 1.48. The number of fused-ring (bicyclic) bond motifs is 1. The first kappa shape index (κ1) is 16.9. The highest BCUT2D eigenvalue weighted by atomic mass is 19.1. The molecule has 26 heavy (non-hydrogen) atoms. The second-order valence-electron chi connectivity index (χ2n) is 7.01. The minimum Gasteiger partial charge on any atom is -0.353 e. The highest BCUT2D eigenvalue weighted by Gasteiger charge is 2.26. The lowest BCUT2D eigenvalue weighted by molar-refractivity contribution is 0.0746. The first-order valence-electron chi connectivity index (χ1n) is 9.28. The molecule has 1 aliphatic heterocycles. The maximum Gasteiger partial charge on any atom is 0.253 e. The van der Waals surface area contributed by atoms with Gasteiger partial charge < -0.3 is 9.80 Å². The second-order valence-corrected chi connectivity index (χ2v) is 7.01. The zero-order chi connectivity index (χ0) is 18.1. The summed E-state index contributed by atoms with van der Waals surface area (Å²) in [4.78, 5) is 26.1. The van der Waals surface area contributed by atoms with Crippen molar-refractivity contribution in [3.8, 4) is 0 Å². The van der Waals surface area contributed by atoms with E-state index in [1.807, 2.05) is 11.8 Å². The minimum absolute atomic E-state index is 0.0365. The minimum atomic E-state index is -0.324. The number of anilines is 1. The average molecular weight is 354 g/mol. The summed E-state index contributed by atoms with van der Waals surface area (Å²) < 4.78 is 13.1. The maximum atomic E-state index is 13.1. The molecule has 5 nitrogen and oxygen atoms in total. The summed E-state index contributed by atoms with van der Waals surface area (Å²) in [5.74, 6) is 1.52. The molecule has 2 aliphatic rings. The van der Waals surface area contributed by atoms with Gasteiger partial charge >= 0.3 is 0 Å². The molecule has 0 N–H and O–H groups in total. The van der Waals surface area contributed by atoms with E-state index in [-0.39, 0.29) is 11.7 Å². The van der Waals surface area contributed by atoms with Crippen LogP contribution in [0.15, 0.2) is 24.3 Å². The highest BCUT2D eigenvalue weighted by molar-refractivity contribution is 5.94. The van der Waals surface area contributed by atoms with Crippen LogP contribution in [0.4, 0.5) is 10.2 Å². The van der Waals surface area contributed by atoms with Gasteiger partial charge in [-0.25, -0.2) is 14.4 Å². The van der Waals surface area contributed by atoms with E-state index in [1.165, 1.54) is 36.2 Å². The molecule has 2 heterocycles. The van der Waals surface area contributed by atoms with Crippen molar-refractivity contribution in [1.82, 2.24) is 14.9 Å². The molecule has 4 rings (SSSR count). The monoisotopic (exact) mass is 354 g/mol. The van der Waals surface area contributed by atoms with Gasteiger partial charge in [0, 0.05) is 43.0 Å². The largest absolute Gasteiger partial charge is 0.353 e. The van der Waals surface area contributed by atoms with Gasteiger partial charge in [0.1, 0.15) is 17.5 Å². The van der Waals surface area contributed by atoms with Gasteiger partial charge in [-0.2, -0.15) is 0 Å². The number of rotatable bonds is 2. The van der Waals surface area contributed by atoms with Crippen LogP contribution < -0.4 is 4.90 Å². The fourth-order valence-electron chi connectivity index (χ4n) is 3.85. The molecule has 136 valence electrons. The van der Waals surface area contributed by atoms with Crippen molar-refractivity contribution in [2.45, 2.75) is 32.6 Å². The zero-order valence-corrected chi connectivity index (χ0v) is 15.0. The van der Waals surface area contributed by atoms with Crippen LogP contribution in [-0.4, -0.2) is 47.0 Å². The molecule has 2 aromatic rings. The molecule has 1 aromatic heterocycles. The molecule has 0 atom stereocenters. The van der Waals surface area contributed by atoms with Crippen molar-refractivity contribution < 1.29 is 9.18 Å². The molecular formula is C20H23FN4O. The van der Waals surface area contributed by atoms with Crippen molar-refractivity contribution in [1.29, 1.82) is 0 Å². The van der Waals surface area contributed by atoms with Crippen LogP contribution in [0.1, 0.15) is 40.3 Å². The molecule has 1 aliphatic carbocycles. The summed E-state index contributed by atoms with van der Waals surface area (Å²) in [7, 11) is 0. The predicted molar refractivity (Wildman–Crippen MR) is 97.9 cm³/mol. The van der Waals surface area contributed by atoms with Crippen LogP contribution in [0, 0.1) is 12.7 Å². The third-order valence-electron chi connectivity index (χ3n) is 5.23. The molecule has 0 saturated carbocycles. The van der Waals surface area contributed by atoms with Crippen LogP contribution in [0.5, 0.6) is 0 Å². The number of hydrogen-bond donors (Lipinski definition) is 0. The number of carbonyl (C=O) groups excluding carboxylic acids is 1. The van der Waals surface area contributed by atoms with E-state index in [0.29, 0.717) is 18.7 Å². The SMILES string of the molecule is Cc1nc2c(c(N3CCN(C(=O)c4ccc(F)cc4)CC3)n1)CCCC2. The van der Waals surface area contributed by atoms with Crippen molar-refractivity contribution in [3.05, 3.63) is 52.7 Å². The lowest BCUT2D eigenvalue weighted by Gasteiger charge is -2.37. The van der Waals surface area contributed by atoms with Crippen molar-refractivity contribution in [2.75, 3.05) is 31.1 Å². The van der Waals surface area contributed by atoms with Gasteiger partial charge in [0.2, 0.25) is 0 Å². The highest BCUT2D eigenvalue weighted by Crippen LogP contribution is 2.28. The van der Waals surface area contributed by atoms with Gasteiger partial charge in [-0.05, 0) is 56.9 Å². The summed E-state index contributed by atoms with van der Waals surface area (Å²) in [6, 6.07) is 5.77. The maximum absolute atomic E-state index is 13.1. The van der Waals surface area contributed by atoms with E-state index in [4.69, 9.17) is 4.98 Å². The van der Waals surface area contributed by atoms with E-state index in [0.717, 1.165) is 37.6 Å². The second kappa shape index (κ2) is 7.02. The van der Waals surface area contributed by atoms with E-state index in [1.54, 1.807) is 12.1 Å². The third-order valence-corrected chi connectivity index (χ3v) is 5.23. The Kier molecular flexibility index (Phi) is 4.57. The molecule has 1 fully saturated rings. The van der Waals surface area contributed by atoms with Crippen LogP contribution in [0.25, 0.3) is 0 Å². The first-order chi connectivity index (χ1) is 12.6. The van der Waals surface area contributed by atoms with Crippen molar-refractivity contribution >= 4 is 11.7 Å². The van der Waals surface area contributed by atoms with Gasteiger partial charge in [0.15, 0.2) is 0 Å². The Labute approximate surface area is 152 Å². The number of amides is 1. The van der Waals surface area contributed by atoms with Crippen LogP contribution >= 0.6 is 0 Å². The Morgan fingerprint density at radius 3 is 2.42 bits per heavy atom. The summed E-state index contributed by atoms with van der Waals surface area (Å²) in [5.41, 5.74) is 3.03. The number of nitrogens with zero attached hydrogens (tertiary/aromatic N) is 4. The molecule has 0 unspecified atom stereocenters. The fourth-order valence-corrected chi connectivity index (χ4v) is 3.85. The Morgan fingerprint density at radius 2 is 1.69 bits per heavy atom. The van der Waals surface area contributed by atoms with Crippen molar-refractivity contribution in [2.24, 2.45) is 0 Å². The number of aryl methyl sites for hydroxylation is 2. The smallest absolute Gasteiger partial charge is 0.253 e. The Bertz CT molecular complexity index is 813. The Morgan fingerprint density at radius 1 is 1.00 bits per heavy atom. The summed E-state index contributed by atoms with van der Waals surface area (Å²) in [5, 5.41) is 0. The fraction of sp³-hybridized carbons (Fsp3) is 0.450. The number of aromatic nitrogens is 2. The third kappa shape index (κ3) is 3.28. The molecule has 1 aromatic carbocycles. The molecule has 1 amide bonds. The predicted octanol–water partition coefficient (Wildman–Crippen LogP) is 2.77. The molecular weight excluding hydrogens is 331 g/mol. The lowest BCUT2D eigenvalue weighted by atomic mass is 9.96. The zero-order valence-electron chi connectivity index (χ0n) is 15.0. The standard InChI is InChI=1S/C20H23FN4O/c1-14-22-18-5-3-2-4-17(18)19(23-14)24-10-12-25(13-11-24)20(26)15-6-8-16(21)9-7-15/h6-9H,2-5,10-13H2,1H3. The average Bonchev–Trinajstić information content (AvgIpc) is 2.67. The molecule has 0 bridgehead atoms. The number of piperazine rings is 1. The van der Waals surface area contributed by atoms with Crippen LogP contribution in [0.2, 0.25) is 0 Å². The van der Waals surface area contributed by atoms with Gasteiger partial charge in [0.25, 0.3) is 5.91 Å². The van der Waals surface area contributed by atoms with Gasteiger partial charge in [-0.3, -0.25) is 4.79 Å². The number of halogens is 1. The van der Waals surface area contributed by atoms with E-state index in [2.05, 4.69) is 9.88 Å². The molecule has 1 saturated heterocycles. The van der Waals surface area contributed by atoms with E-state index < -0.39 is 0 Å². The van der Waals surface area contributed by atoms with Crippen LogP contribution in [-0.2, 0) is 12.8 Å². The van der Waals surface area contributed by atoms with Crippen LogP contribution in [0.3, 0.4) is 0 Å². The van der Waals surface area contributed by atoms with Gasteiger partial charge in [0.05, 0.1) is 0 Å². The molecule has 6 heteroatoms. The van der Waals surface area contributed by atoms with E-state index in [9.17, 15) is 9.18 Å². The molecule has 0 radical (unpaired) electrons. The quantitative estimate of drug-likeness (QED) is 0.832. The number of carbonyl (C=O) groups is 1. The van der Waals surface area contributed by atoms with Gasteiger partial charge in [-0.15, -0.1) is 0 Å². The molecule has 0 spiro atoms. The first-order valence-corrected chi connectivity index (χ1v) is 9.28. The lowest BCUT2D eigenvalue weighted by Crippen LogP contribution is -2.49. The summed E-state index contributed by atoms with van der Waals surface area (Å²) in [6.07, 6.45) is 4.46. The van der Waals surface area contributed by atoms with Crippen molar-refractivity contribution in [3.63, 3.8) is 0 Å². The number of benzene rings is 1. The topological polar surface area (TPSA) is 49.3 Å². The Hall–Kier alpha value is -2.50. The summed E-state index contributed by atoms with van der Waals surface area (Å²) in [6.45, 7) is 4.76. The summed E-state index contributed by atoms with van der Waals surface area (Å²) >= 11 is 0. The van der Waals surface area contributed by atoms with E-state index >= 15 is 0 Å². The number of hydrogen-bond acceptors (Lipinski definition) is 4.